The molecule has 22 heavy (non-hydrogen) atoms. The molecule has 0 aliphatic heterocycles. The van der Waals surface area contributed by atoms with Crippen molar-refractivity contribution in [1.82, 2.24) is 4.72 Å². The van der Waals surface area contributed by atoms with E-state index >= 15 is 0 Å². The molecule has 0 radical (unpaired) electrons. The van der Waals surface area contributed by atoms with Gasteiger partial charge in [-0.25, -0.2) is 13.1 Å². The Morgan fingerprint density at radius 2 is 1.86 bits per heavy atom. The van der Waals surface area contributed by atoms with Crippen LogP contribution in [-0.2, 0) is 10.0 Å². The molecule has 0 amide bonds. The van der Waals surface area contributed by atoms with Gasteiger partial charge in [0.25, 0.3) is 0 Å². The van der Waals surface area contributed by atoms with Crippen LogP contribution in [0, 0.1) is 5.92 Å². The summed E-state index contributed by atoms with van der Waals surface area (Å²) in [5.74, 6) is 0.848. The molecule has 2 N–H and O–H groups in total. The normalized spacial score (nSPS) is 18.1. The zero-order chi connectivity index (χ0) is 16.0. The Kier molecular flexibility index (Phi) is 6.23. The lowest BCUT2D eigenvalue weighted by Crippen LogP contribution is -2.37. The van der Waals surface area contributed by atoms with E-state index in [1.54, 1.807) is 12.1 Å². The molecule has 1 aromatic rings. The Morgan fingerprint density at radius 1 is 1.23 bits per heavy atom. The van der Waals surface area contributed by atoms with Gasteiger partial charge in [0.2, 0.25) is 10.0 Å². The van der Waals surface area contributed by atoms with Crippen LogP contribution >= 0.6 is 0 Å². The zero-order valence-corrected chi connectivity index (χ0v) is 13.8. The van der Waals surface area contributed by atoms with E-state index in [2.05, 4.69) is 4.72 Å². The van der Waals surface area contributed by atoms with E-state index in [1.165, 1.54) is 18.6 Å². The number of rotatable bonds is 7. The standard InChI is InChI=1S/C16H25NO4S/c1-2-21-14-8-10-15(11-9-14)22(19,20)17-12-16(18)13-6-4-3-5-7-13/h8-11,13,16-18H,2-7,12H2,1H3. The topological polar surface area (TPSA) is 75.6 Å². The fourth-order valence-electron chi connectivity index (χ4n) is 2.85. The first-order valence-electron chi connectivity index (χ1n) is 7.93. The van der Waals surface area contributed by atoms with Crippen molar-refractivity contribution in [1.29, 1.82) is 0 Å². The van der Waals surface area contributed by atoms with Gasteiger partial charge in [-0.15, -0.1) is 0 Å². The number of hydrogen-bond donors (Lipinski definition) is 2. The molecular weight excluding hydrogens is 302 g/mol. The van der Waals surface area contributed by atoms with Crippen LogP contribution in [0.3, 0.4) is 0 Å². The van der Waals surface area contributed by atoms with Gasteiger partial charge in [0.15, 0.2) is 0 Å². The molecule has 1 fully saturated rings. The number of ether oxygens (including phenoxy) is 1. The highest BCUT2D eigenvalue weighted by Crippen LogP contribution is 2.26. The van der Waals surface area contributed by atoms with Crippen molar-refractivity contribution in [3.8, 4) is 5.75 Å². The highest BCUT2D eigenvalue weighted by molar-refractivity contribution is 7.89. The minimum absolute atomic E-state index is 0.0697. The first-order valence-corrected chi connectivity index (χ1v) is 9.42. The van der Waals surface area contributed by atoms with Crippen molar-refractivity contribution in [3.05, 3.63) is 24.3 Å². The van der Waals surface area contributed by atoms with E-state index < -0.39 is 16.1 Å². The van der Waals surface area contributed by atoms with Crippen LogP contribution in [0.15, 0.2) is 29.2 Å². The molecule has 1 aromatic carbocycles. The zero-order valence-electron chi connectivity index (χ0n) is 13.0. The molecule has 0 bridgehead atoms. The molecule has 1 unspecified atom stereocenters. The first kappa shape index (κ1) is 17.2. The molecular formula is C16H25NO4S. The summed E-state index contributed by atoms with van der Waals surface area (Å²) in [5.41, 5.74) is 0. The maximum atomic E-state index is 12.2. The van der Waals surface area contributed by atoms with E-state index in [-0.39, 0.29) is 17.4 Å². The third-order valence-corrected chi connectivity index (χ3v) is 5.56. The lowest BCUT2D eigenvalue weighted by Gasteiger charge is -2.26. The van der Waals surface area contributed by atoms with Crippen LogP contribution in [0.2, 0.25) is 0 Å². The second kappa shape index (κ2) is 7.94. The predicted octanol–water partition coefficient (Wildman–Crippen LogP) is 2.30. The average molecular weight is 327 g/mol. The number of sulfonamides is 1. The summed E-state index contributed by atoms with van der Waals surface area (Å²) in [6.07, 6.45) is 4.79. The minimum atomic E-state index is -3.59. The van der Waals surface area contributed by atoms with Crippen LogP contribution in [0.1, 0.15) is 39.0 Å². The monoisotopic (exact) mass is 327 g/mol. The van der Waals surface area contributed by atoms with E-state index in [4.69, 9.17) is 4.74 Å². The summed E-state index contributed by atoms with van der Waals surface area (Å²) in [5, 5.41) is 10.2. The molecule has 0 aromatic heterocycles. The molecule has 1 aliphatic carbocycles. The lowest BCUT2D eigenvalue weighted by molar-refractivity contribution is 0.0888. The van der Waals surface area contributed by atoms with Crippen molar-refractivity contribution in [2.45, 2.75) is 50.0 Å². The minimum Gasteiger partial charge on any atom is -0.494 e. The SMILES string of the molecule is CCOc1ccc(S(=O)(=O)NCC(O)C2CCCCC2)cc1. The van der Waals surface area contributed by atoms with Crippen molar-refractivity contribution >= 4 is 10.0 Å². The fraction of sp³-hybridized carbons (Fsp3) is 0.625. The van der Waals surface area contributed by atoms with E-state index in [0.29, 0.717) is 12.4 Å². The van der Waals surface area contributed by atoms with Crippen molar-refractivity contribution in [3.63, 3.8) is 0 Å². The number of benzene rings is 1. The molecule has 1 aliphatic rings. The van der Waals surface area contributed by atoms with Gasteiger partial charge in [0.05, 0.1) is 17.6 Å². The van der Waals surface area contributed by atoms with Crippen LogP contribution in [-0.4, -0.2) is 32.8 Å². The van der Waals surface area contributed by atoms with Crippen LogP contribution in [0.5, 0.6) is 5.75 Å². The summed E-state index contributed by atoms with van der Waals surface area (Å²) in [7, 11) is -3.59. The molecule has 0 spiro atoms. The van der Waals surface area contributed by atoms with E-state index in [1.807, 2.05) is 6.92 Å². The lowest BCUT2D eigenvalue weighted by atomic mass is 9.85. The van der Waals surface area contributed by atoms with Gasteiger partial charge in [0, 0.05) is 6.54 Å². The first-order chi connectivity index (χ1) is 10.5. The largest absolute Gasteiger partial charge is 0.494 e. The number of nitrogens with one attached hydrogen (secondary N) is 1. The second-order valence-electron chi connectivity index (χ2n) is 5.72. The van der Waals surface area contributed by atoms with Crippen LogP contribution in [0.25, 0.3) is 0 Å². The summed E-state index contributed by atoms with van der Waals surface area (Å²) in [6, 6.07) is 6.30. The quantitative estimate of drug-likeness (QED) is 0.806. The van der Waals surface area contributed by atoms with Gasteiger partial charge < -0.3 is 9.84 Å². The third-order valence-electron chi connectivity index (χ3n) is 4.12. The second-order valence-corrected chi connectivity index (χ2v) is 7.49. The molecule has 1 atom stereocenters. The molecule has 0 heterocycles. The highest BCUT2D eigenvalue weighted by atomic mass is 32.2. The Morgan fingerprint density at radius 3 is 2.45 bits per heavy atom. The van der Waals surface area contributed by atoms with Gasteiger partial charge >= 0.3 is 0 Å². The van der Waals surface area contributed by atoms with Crippen molar-refractivity contribution in [2.75, 3.05) is 13.2 Å². The molecule has 5 nitrogen and oxygen atoms in total. The van der Waals surface area contributed by atoms with Crippen LogP contribution < -0.4 is 9.46 Å². The Hall–Kier alpha value is -1.11. The molecule has 1 saturated carbocycles. The van der Waals surface area contributed by atoms with E-state index in [0.717, 1.165) is 25.7 Å². The summed E-state index contributed by atoms with van der Waals surface area (Å²) >= 11 is 0. The maximum absolute atomic E-state index is 12.2. The fourth-order valence-corrected chi connectivity index (χ4v) is 3.90. The Bertz CT molecular complexity index is 550. The van der Waals surface area contributed by atoms with Crippen molar-refractivity contribution in [2.24, 2.45) is 5.92 Å². The van der Waals surface area contributed by atoms with Gasteiger partial charge in [-0.3, -0.25) is 0 Å². The summed E-state index contributed by atoms with van der Waals surface area (Å²) in [4.78, 5) is 0.187. The van der Waals surface area contributed by atoms with E-state index in [9.17, 15) is 13.5 Å². The van der Waals surface area contributed by atoms with Crippen molar-refractivity contribution < 1.29 is 18.3 Å². The number of aliphatic hydroxyl groups is 1. The van der Waals surface area contributed by atoms with Gasteiger partial charge in [0.1, 0.15) is 5.75 Å². The predicted molar refractivity (Wildman–Crippen MR) is 85.4 cm³/mol. The molecule has 124 valence electrons. The van der Waals surface area contributed by atoms with Gasteiger partial charge in [-0.05, 0) is 49.9 Å². The highest BCUT2D eigenvalue weighted by Gasteiger charge is 2.23. The summed E-state index contributed by atoms with van der Waals surface area (Å²) in [6.45, 7) is 2.48. The van der Waals surface area contributed by atoms with Gasteiger partial charge in [-0.2, -0.15) is 0 Å². The molecule has 2 rings (SSSR count). The van der Waals surface area contributed by atoms with Crippen LogP contribution in [0.4, 0.5) is 0 Å². The smallest absolute Gasteiger partial charge is 0.240 e. The third kappa shape index (κ3) is 4.69. The molecule has 6 heteroatoms. The maximum Gasteiger partial charge on any atom is 0.240 e. The molecule has 0 saturated heterocycles. The Balaban J connectivity index is 1.92. The average Bonchev–Trinajstić information content (AvgIpc) is 2.54. The number of aliphatic hydroxyl groups excluding tert-OH is 1. The Labute approximate surface area is 132 Å². The van der Waals surface area contributed by atoms with Gasteiger partial charge in [-0.1, -0.05) is 19.3 Å². The number of hydrogen-bond acceptors (Lipinski definition) is 4. The summed E-state index contributed by atoms with van der Waals surface area (Å²) < 4.78 is 32.3.